The SMILES string of the molecule is CN1C(=O)c2ccc(C(=O)NCc3ccc(-c4ccc(F)cc4)o3)cc2C1=O. The molecular formula is C21H15FN2O4. The van der Waals surface area contributed by atoms with E-state index in [1.165, 1.54) is 37.4 Å². The highest BCUT2D eigenvalue weighted by Gasteiger charge is 2.33. The third-order valence-electron chi connectivity index (χ3n) is 4.57. The van der Waals surface area contributed by atoms with Crippen LogP contribution in [0.2, 0.25) is 0 Å². The van der Waals surface area contributed by atoms with Crippen LogP contribution in [-0.2, 0) is 6.54 Å². The van der Waals surface area contributed by atoms with Crippen molar-refractivity contribution in [3.63, 3.8) is 0 Å². The summed E-state index contributed by atoms with van der Waals surface area (Å²) in [5, 5.41) is 2.72. The number of hydrogen-bond donors (Lipinski definition) is 1. The predicted octanol–water partition coefficient (Wildman–Crippen LogP) is 3.24. The second-order valence-corrected chi connectivity index (χ2v) is 6.39. The fourth-order valence-electron chi connectivity index (χ4n) is 3.01. The van der Waals surface area contributed by atoms with Gasteiger partial charge in [0, 0.05) is 18.2 Å². The molecule has 0 bridgehead atoms. The third-order valence-corrected chi connectivity index (χ3v) is 4.57. The number of carbonyl (C=O) groups is 3. The highest BCUT2D eigenvalue weighted by molar-refractivity contribution is 6.21. The number of halogens is 1. The molecule has 140 valence electrons. The molecule has 1 aromatic heterocycles. The lowest BCUT2D eigenvalue weighted by Crippen LogP contribution is -2.24. The molecule has 1 aliphatic rings. The average Bonchev–Trinajstić information content (AvgIpc) is 3.26. The molecule has 0 radical (unpaired) electrons. The summed E-state index contributed by atoms with van der Waals surface area (Å²) in [7, 11) is 1.40. The maximum Gasteiger partial charge on any atom is 0.261 e. The van der Waals surface area contributed by atoms with Crippen molar-refractivity contribution in [2.75, 3.05) is 7.05 Å². The smallest absolute Gasteiger partial charge is 0.261 e. The minimum atomic E-state index is -0.426. The maximum atomic E-state index is 13.0. The Morgan fingerprint density at radius 1 is 1.00 bits per heavy atom. The van der Waals surface area contributed by atoms with Gasteiger partial charge in [0.15, 0.2) is 0 Å². The second-order valence-electron chi connectivity index (χ2n) is 6.39. The lowest BCUT2D eigenvalue weighted by atomic mass is 10.1. The van der Waals surface area contributed by atoms with E-state index in [1.807, 2.05) is 0 Å². The zero-order valence-electron chi connectivity index (χ0n) is 14.9. The van der Waals surface area contributed by atoms with Gasteiger partial charge in [-0.3, -0.25) is 19.3 Å². The minimum absolute atomic E-state index is 0.143. The van der Waals surface area contributed by atoms with Gasteiger partial charge in [0.05, 0.1) is 17.7 Å². The van der Waals surface area contributed by atoms with E-state index in [4.69, 9.17) is 4.42 Å². The summed E-state index contributed by atoms with van der Waals surface area (Å²) in [6, 6.07) is 13.8. The largest absolute Gasteiger partial charge is 0.459 e. The maximum absolute atomic E-state index is 13.0. The first-order valence-corrected chi connectivity index (χ1v) is 8.53. The molecule has 0 unspecified atom stereocenters. The molecule has 1 N–H and O–H groups in total. The van der Waals surface area contributed by atoms with Gasteiger partial charge in [-0.2, -0.15) is 0 Å². The van der Waals surface area contributed by atoms with Gasteiger partial charge in [0.1, 0.15) is 17.3 Å². The van der Waals surface area contributed by atoms with E-state index in [0.29, 0.717) is 17.1 Å². The van der Waals surface area contributed by atoms with Gasteiger partial charge in [-0.05, 0) is 54.6 Å². The number of furan rings is 1. The van der Waals surface area contributed by atoms with Gasteiger partial charge in [0.25, 0.3) is 17.7 Å². The van der Waals surface area contributed by atoms with Gasteiger partial charge < -0.3 is 9.73 Å². The van der Waals surface area contributed by atoms with E-state index in [9.17, 15) is 18.8 Å². The monoisotopic (exact) mass is 378 g/mol. The van der Waals surface area contributed by atoms with Crippen molar-refractivity contribution in [2.45, 2.75) is 6.54 Å². The standard InChI is InChI=1S/C21H15FN2O4/c1-24-20(26)16-8-4-13(10-17(16)21(24)27)19(25)23-11-15-7-9-18(28-15)12-2-5-14(22)6-3-12/h2-10H,11H2,1H3,(H,23,25). The molecule has 2 aromatic carbocycles. The lowest BCUT2D eigenvalue weighted by Gasteiger charge is -2.05. The number of hydrogen-bond acceptors (Lipinski definition) is 4. The molecule has 6 nitrogen and oxygen atoms in total. The van der Waals surface area contributed by atoms with Crippen molar-refractivity contribution in [1.29, 1.82) is 0 Å². The molecule has 0 spiro atoms. The first-order valence-electron chi connectivity index (χ1n) is 8.53. The second kappa shape index (κ2) is 6.77. The number of carbonyl (C=O) groups excluding carboxylic acids is 3. The van der Waals surface area contributed by atoms with Crippen molar-refractivity contribution in [3.8, 4) is 11.3 Å². The van der Waals surface area contributed by atoms with Crippen LogP contribution in [-0.4, -0.2) is 29.7 Å². The molecule has 0 fully saturated rings. The van der Waals surface area contributed by atoms with Gasteiger partial charge in [0.2, 0.25) is 0 Å². The fraction of sp³-hybridized carbons (Fsp3) is 0.0952. The zero-order chi connectivity index (χ0) is 19.8. The van der Waals surface area contributed by atoms with Crippen LogP contribution in [0.5, 0.6) is 0 Å². The van der Waals surface area contributed by atoms with Crippen LogP contribution in [0.4, 0.5) is 4.39 Å². The first kappa shape index (κ1) is 17.7. The number of nitrogens with one attached hydrogen (secondary N) is 1. The Labute approximate surface area is 159 Å². The zero-order valence-corrected chi connectivity index (χ0v) is 14.9. The number of amides is 3. The van der Waals surface area contributed by atoms with E-state index in [-0.39, 0.29) is 29.4 Å². The van der Waals surface area contributed by atoms with Crippen LogP contribution < -0.4 is 5.32 Å². The predicted molar refractivity (Wildman–Crippen MR) is 98.1 cm³/mol. The molecule has 1 aliphatic heterocycles. The molecule has 0 saturated carbocycles. The molecule has 0 atom stereocenters. The van der Waals surface area contributed by atoms with Crippen LogP contribution in [0.1, 0.15) is 36.8 Å². The van der Waals surface area contributed by atoms with E-state index < -0.39 is 11.8 Å². The molecule has 2 heterocycles. The number of benzene rings is 2. The van der Waals surface area contributed by atoms with Crippen LogP contribution in [0, 0.1) is 5.82 Å². The number of nitrogens with zero attached hydrogens (tertiary/aromatic N) is 1. The Kier molecular flexibility index (Phi) is 4.27. The van der Waals surface area contributed by atoms with Gasteiger partial charge in [-0.15, -0.1) is 0 Å². The van der Waals surface area contributed by atoms with Gasteiger partial charge in [-0.25, -0.2) is 4.39 Å². The van der Waals surface area contributed by atoms with Crippen molar-refractivity contribution < 1.29 is 23.2 Å². The van der Waals surface area contributed by atoms with E-state index in [0.717, 1.165) is 10.5 Å². The van der Waals surface area contributed by atoms with Crippen LogP contribution in [0.3, 0.4) is 0 Å². The van der Waals surface area contributed by atoms with Crippen LogP contribution in [0.25, 0.3) is 11.3 Å². The Balaban J connectivity index is 1.45. The summed E-state index contributed by atoms with van der Waals surface area (Å²) in [5.74, 6) is -0.435. The summed E-state index contributed by atoms with van der Waals surface area (Å²) in [4.78, 5) is 37.4. The topological polar surface area (TPSA) is 79.6 Å². The highest BCUT2D eigenvalue weighted by Crippen LogP contribution is 2.24. The minimum Gasteiger partial charge on any atom is -0.459 e. The summed E-state index contributed by atoms with van der Waals surface area (Å²) >= 11 is 0. The Hall–Kier alpha value is -3.74. The first-order chi connectivity index (χ1) is 13.4. The summed E-state index contributed by atoms with van der Waals surface area (Å²) in [5.41, 5.74) is 1.51. The van der Waals surface area contributed by atoms with Gasteiger partial charge in [-0.1, -0.05) is 0 Å². The van der Waals surface area contributed by atoms with E-state index in [2.05, 4.69) is 5.32 Å². The molecule has 4 rings (SSSR count). The summed E-state index contributed by atoms with van der Waals surface area (Å²) in [6.07, 6.45) is 0. The Morgan fingerprint density at radius 2 is 1.71 bits per heavy atom. The normalized spacial score (nSPS) is 13.0. The summed E-state index contributed by atoms with van der Waals surface area (Å²) < 4.78 is 18.7. The van der Waals surface area contributed by atoms with Gasteiger partial charge >= 0.3 is 0 Å². The van der Waals surface area contributed by atoms with Crippen molar-refractivity contribution in [3.05, 3.63) is 82.9 Å². The average molecular weight is 378 g/mol. The van der Waals surface area contributed by atoms with E-state index >= 15 is 0 Å². The molecule has 0 aliphatic carbocycles. The molecule has 3 amide bonds. The number of rotatable bonds is 4. The highest BCUT2D eigenvalue weighted by atomic mass is 19.1. The lowest BCUT2D eigenvalue weighted by molar-refractivity contribution is 0.0693. The van der Waals surface area contributed by atoms with Crippen molar-refractivity contribution in [1.82, 2.24) is 10.2 Å². The van der Waals surface area contributed by atoms with Crippen molar-refractivity contribution >= 4 is 17.7 Å². The Morgan fingerprint density at radius 3 is 2.46 bits per heavy atom. The number of fused-ring (bicyclic) bond motifs is 1. The molecule has 3 aromatic rings. The van der Waals surface area contributed by atoms with Crippen LogP contribution >= 0.6 is 0 Å². The quantitative estimate of drug-likeness (QED) is 0.707. The molecule has 0 saturated heterocycles. The van der Waals surface area contributed by atoms with Crippen LogP contribution in [0.15, 0.2) is 59.0 Å². The third kappa shape index (κ3) is 3.07. The molecule has 7 heteroatoms. The summed E-state index contributed by atoms with van der Waals surface area (Å²) in [6.45, 7) is 0.143. The molecular weight excluding hydrogens is 363 g/mol. The van der Waals surface area contributed by atoms with E-state index in [1.54, 1.807) is 24.3 Å². The Bertz CT molecular complexity index is 1100. The molecule has 28 heavy (non-hydrogen) atoms. The van der Waals surface area contributed by atoms with Crippen molar-refractivity contribution in [2.24, 2.45) is 0 Å². The number of imide groups is 1. The fourth-order valence-corrected chi connectivity index (χ4v) is 3.01.